The number of benzene rings is 3. The number of carbonyl (C=O) groups is 2. The van der Waals surface area contributed by atoms with E-state index in [2.05, 4.69) is 36.7 Å². The van der Waals surface area contributed by atoms with Crippen LogP contribution in [-0.4, -0.2) is 25.2 Å². The fourth-order valence-corrected chi connectivity index (χ4v) is 3.55. The Morgan fingerprint density at radius 2 is 1.67 bits per heavy atom. The Bertz CT molecular complexity index is 1100. The monoisotopic (exact) mass is 510 g/mol. The molecule has 0 saturated heterocycles. The molecular formula is C27H27BrO5. The molecule has 0 spiro atoms. The van der Waals surface area contributed by atoms with Crippen molar-refractivity contribution in [1.29, 1.82) is 0 Å². The summed E-state index contributed by atoms with van der Waals surface area (Å²) >= 11 is 3.47. The number of esters is 2. The van der Waals surface area contributed by atoms with Crippen molar-refractivity contribution < 1.29 is 23.8 Å². The van der Waals surface area contributed by atoms with Crippen molar-refractivity contribution in [3.8, 4) is 11.5 Å². The summed E-state index contributed by atoms with van der Waals surface area (Å²) in [7, 11) is 0. The number of ether oxygens (including phenoxy) is 3. The van der Waals surface area contributed by atoms with Crippen LogP contribution < -0.4 is 9.47 Å². The molecule has 0 N–H and O–H groups in total. The summed E-state index contributed by atoms with van der Waals surface area (Å²) in [6.07, 6.45) is 0.630. The highest BCUT2D eigenvalue weighted by Gasteiger charge is 2.20. The van der Waals surface area contributed by atoms with Crippen LogP contribution in [0, 0.1) is 0 Å². The van der Waals surface area contributed by atoms with Crippen LogP contribution in [0.2, 0.25) is 0 Å². The molecule has 0 amide bonds. The molecule has 0 atom stereocenters. The van der Waals surface area contributed by atoms with E-state index in [0.29, 0.717) is 17.7 Å². The van der Waals surface area contributed by atoms with Crippen LogP contribution in [0.3, 0.4) is 0 Å². The zero-order valence-corrected chi connectivity index (χ0v) is 20.6. The summed E-state index contributed by atoms with van der Waals surface area (Å²) < 4.78 is 17.4. The van der Waals surface area contributed by atoms with Crippen molar-refractivity contribution in [3.05, 3.63) is 94.0 Å². The summed E-state index contributed by atoms with van der Waals surface area (Å²) in [5.41, 5.74) is 2.23. The van der Waals surface area contributed by atoms with Gasteiger partial charge < -0.3 is 14.2 Å². The predicted molar refractivity (Wildman–Crippen MR) is 131 cm³/mol. The fourth-order valence-electron chi connectivity index (χ4n) is 3.19. The molecular weight excluding hydrogens is 484 g/mol. The lowest BCUT2D eigenvalue weighted by Crippen LogP contribution is -2.20. The molecule has 0 aliphatic carbocycles. The molecule has 3 aromatic carbocycles. The van der Waals surface area contributed by atoms with Gasteiger partial charge >= 0.3 is 11.9 Å². The van der Waals surface area contributed by atoms with Crippen LogP contribution in [0.25, 0.3) is 0 Å². The maximum atomic E-state index is 12.4. The van der Waals surface area contributed by atoms with Crippen molar-refractivity contribution in [2.75, 3.05) is 13.2 Å². The van der Waals surface area contributed by atoms with Crippen molar-refractivity contribution in [3.63, 3.8) is 0 Å². The highest BCUT2D eigenvalue weighted by molar-refractivity contribution is 9.10. The zero-order valence-electron chi connectivity index (χ0n) is 19.0. The average molecular weight is 511 g/mol. The van der Waals surface area contributed by atoms with Gasteiger partial charge in [-0.25, -0.2) is 9.59 Å². The van der Waals surface area contributed by atoms with Crippen molar-refractivity contribution in [2.45, 2.75) is 32.6 Å². The van der Waals surface area contributed by atoms with E-state index in [1.807, 2.05) is 48.5 Å². The molecule has 0 aliphatic heterocycles. The molecule has 5 nitrogen and oxygen atoms in total. The van der Waals surface area contributed by atoms with Crippen LogP contribution in [0.4, 0.5) is 0 Å². The minimum atomic E-state index is -0.563. The largest absolute Gasteiger partial charge is 0.482 e. The van der Waals surface area contributed by atoms with E-state index >= 15 is 0 Å². The molecule has 33 heavy (non-hydrogen) atoms. The van der Waals surface area contributed by atoms with Crippen LogP contribution in [0.15, 0.2) is 77.3 Å². The Labute approximate surface area is 202 Å². The van der Waals surface area contributed by atoms with Crippen LogP contribution in [-0.2, 0) is 21.4 Å². The molecule has 0 unspecified atom stereocenters. The lowest BCUT2D eigenvalue weighted by Gasteiger charge is -2.23. The van der Waals surface area contributed by atoms with Gasteiger partial charge in [0.15, 0.2) is 6.61 Å². The fraction of sp³-hybridized carbons (Fsp3) is 0.259. The molecule has 3 rings (SSSR count). The molecule has 0 aromatic heterocycles. The second kappa shape index (κ2) is 11.1. The first-order chi connectivity index (χ1) is 15.7. The van der Waals surface area contributed by atoms with Gasteiger partial charge in [-0.1, -0.05) is 73.1 Å². The van der Waals surface area contributed by atoms with E-state index in [0.717, 1.165) is 15.6 Å². The maximum absolute atomic E-state index is 12.4. The highest BCUT2D eigenvalue weighted by atomic mass is 79.9. The summed E-state index contributed by atoms with van der Waals surface area (Å²) in [6.45, 7) is 6.24. The number of halogens is 1. The van der Waals surface area contributed by atoms with Gasteiger partial charge in [0.2, 0.25) is 0 Å². The minimum Gasteiger partial charge on any atom is -0.482 e. The Morgan fingerprint density at radius 3 is 2.39 bits per heavy atom. The molecule has 0 radical (unpaired) electrons. The first-order valence-corrected chi connectivity index (χ1v) is 11.5. The van der Waals surface area contributed by atoms with E-state index in [1.165, 1.54) is 6.07 Å². The van der Waals surface area contributed by atoms with E-state index in [-0.39, 0.29) is 24.4 Å². The van der Waals surface area contributed by atoms with Crippen LogP contribution in [0.5, 0.6) is 11.5 Å². The van der Waals surface area contributed by atoms with Gasteiger partial charge in [0, 0.05) is 16.5 Å². The second-order valence-corrected chi connectivity index (χ2v) is 9.47. The molecule has 0 saturated carbocycles. The summed E-state index contributed by atoms with van der Waals surface area (Å²) in [4.78, 5) is 24.7. The smallest absolute Gasteiger partial charge is 0.349 e. The Hall–Kier alpha value is -3.12. The first-order valence-electron chi connectivity index (χ1n) is 10.7. The third-order valence-corrected chi connectivity index (χ3v) is 5.36. The lowest BCUT2D eigenvalue weighted by molar-refractivity contribution is -0.136. The summed E-state index contributed by atoms with van der Waals surface area (Å²) in [5, 5.41) is 0. The third kappa shape index (κ3) is 7.46. The number of carbonyl (C=O) groups excluding carboxylic acids is 2. The molecule has 172 valence electrons. The van der Waals surface area contributed by atoms with Gasteiger partial charge in [0.1, 0.15) is 11.5 Å². The molecule has 3 aromatic rings. The Kier molecular flexibility index (Phi) is 8.28. The molecule has 0 fully saturated rings. The van der Waals surface area contributed by atoms with Crippen molar-refractivity contribution >= 4 is 27.9 Å². The summed E-state index contributed by atoms with van der Waals surface area (Å²) in [5.74, 6) is -0.150. The van der Waals surface area contributed by atoms with Crippen molar-refractivity contribution in [2.24, 2.45) is 0 Å². The molecule has 0 heterocycles. The van der Waals surface area contributed by atoms with E-state index in [9.17, 15) is 9.59 Å². The zero-order chi connectivity index (χ0) is 23.8. The SMILES string of the molecule is CC(C)(C)c1cc(Br)ccc1OCC(=O)Oc1cccc(C(=O)OCCc2ccccc2)c1. The van der Waals surface area contributed by atoms with Gasteiger partial charge in [-0.05, 0) is 47.4 Å². The van der Waals surface area contributed by atoms with Gasteiger partial charge in [-0.2, -0.15) is 0 Å². The van der Waals surface area contributed by atoms with Crippen LogP contribution in [0.1, 0.15) is 42.3 Å². The Morgan fingerprint density at radius 1 is 0.909 bits per heavy atom. The van der Waals surface area contributed by atoms with E-state index in [1.54, 1.807) is 18.2 Å². The lowest BCUT2D eigenvalue weighted by atomic mass is 9.86. The highest BCUT2D eigenvalue weighted by Crippen LogP contribution is 2.33. The third-order valence-electron chi connectivity index (χ3n) is 4.86. The normalized spacial score (nSPS) is 11.0. The standard InChI is InChI=1S/C27H27BrO5/c1-27(2,3)23-17-21(28)12-13-24(23)32-18-25(29)33-22-11-7-10-20(16-22)26(30)31-15-14-19-8-5-4-6-9-19/h4-13,16-17H,14-15,18H2,1-3H3. The van der Waals surface area contributed by atoms with Crippen LogP contribution >= 0.6 is 15.9 Å². The van der Waals surface area contributed by atoms with Gasteiger partial charge in [0.25, 0.3) is 0 Å². The number of rotatable bonds is 8. The van der Waals surface area contributed by atoms with E-state index in [4.69, 9.17) is 14.2 Å². The predicted octanol–water partition coefficient (Wildman–Crippen LogP) is 6.13. The first kappa shape index (κ1) is 24.5. The minimum absolute atomic E-state index is 0.155. The van der Waals surface area contributed by atoms with E-state index < -0.39 is 11.9 Å². The average Bonchev–Trinajstić information content (AvgIpc) is 2.78. The maximum Gasteiger partial charge on any atom is 0.349 e. The Balaban J connectivity index is 1.55. The van der Waals surface area contributed by atoms with Gasteiger partial charge in [0.05, 0.1) is 12.2 Å². The van der Waals surface area contributed by atoms with Gasteiger partial charge in [-0.3, -0.25) is 0 Å². The topological polar surface area (TPSA) is 61.8 Å². The van der Waals surface area contributed by atoms with Gasteiger partial charge in [-0.15, -0.1) is 0 Å². The molecule has 0 bridgehead atoms. The number of hydrogen-bond acceptors (Lipinski definition) is 5. The molecule has 0 aliphatic rings. The molecule has 6 heteroatoms. The quantitative estimate of drug-likeness (QED) is 0.269. The number of hydrogen-bond donors (Lipinski definition) is 0. The second-order valence-electron chi connectivity index (χ2n) is 8.55. The van der Waals surface area contributed by atoms with Crippen molar-refractivity contribution in [1.82, 2.24) is 0 Å². The summed E-state index contributed by atoms with van der Waals surface area (Å²) in [6, 6.07) is 21.8.